The highest BCUT2D eigenvalue weighted by Gasteiger charge is 2.28. The summed E-state index contributed by atoms with van der Waals surface area (Å²) in [6.07, 6.45) is 16.1. The maximum absolute atomic E-state index is 13.4. The Balaban J connectivity index is 1.14. The summed E-state index contributed by atoms with van der Waals surface area (Å²) in [5.74, 6) is 0.948. The van der Waals surface area contributed by atoms with E-state index < -0.39 is 0 Å². The van der Waals surface area contributed by atoms with Gasteiger partial charge in [0.05, 0.1) is 17.5 Å². The first-order valence-electron chi connectivity index (χ1n) is 15.5. The third-order valence-electron chi connectivity index (χ3n) is 9.17. The van der Waals surface area contributed by atoms with E-state index in [1.165, 1.54) is 32.1 Å². The van der Waals surface area contributed by atoms with Gasteiger partial charge < -0.3 is 20.1 Å². The van der Waals surface area contributed by atoms with E-state index in [0.29, 0.717) is 28.6 Å². The fourth-order valence-corrected chi connectivity index (χ4v) is 6.58. The van der Waals surface area contributed by atoms with Crippen molar-refractivity contribution in [2.45, 2.75) is 51.9 Å². The van der Waals surface area contributed by atoms with Crippen LogP contribution in [0.2, 0.25) is 0 Å². The van der Waals surface area contributed by atoms with Crippen molar-refractivity contribution < 1.29 is 9.59 Å². The Morgan fingerprint density at radius 3 is 2.59 bits per heavy atom. The van der Waals surface area contributed by atoms with Crippen molar-refractivity contribution in [3.8, 4) is 11.3 Å². The molecule has 1 aromatic carbocycles. The van der Waals surface area contributed by atoms with Crippen LogP contribution in [0.25, 0.3) is 22.4 Å². The van der Waals surface area contributed by atoms with Gasteiger partial charge in [-0.1, -0.05) is 50.5 Å². The number of aromatic amines is 1. The van der Waals surface area contributed by atoms with Crippen molar-refractivity contribution in [2.75, 3.05) is 44.2 Å². The molecular weight excluding hydrogens is 512 g/mol. The molecule has 3 aromatic rings. The number of aromatic nitrogens is 3. The maximum Gasteiger partial charge on any atom is 0.225 e. The topological polar surface area (TPSA) is 94.2 Å². The minimum Gasteiger partial charge on any atom is -0.368 e. The average Bonchev–Trinajstić information content (AvgIpc) is 3.47. The number of nitrogens with one attached hydrogen (secondary N) is 2. The van der Waals surface area contributed by atoms with Crippen molar-refractivity contribution in [1.29, 1.82) is 0 Å². The highest BCUT2D eigenvalue weighted by molar-refractivity contribution is 6.07. The summed E-state index contributed by atoms with van der Waals surface area (Å²) < 4.78 is 0. The number of Topliss-reactive ketones (excluding diaryl/α,β-unsaturated/α-hetero) is 1. The molecular formula is C33H42N6O2. The van der Waals surface area contributed by atoms with Gasteiger partial charge in [-0.25, -0.2) is 9.97 Å². The van der Waals surface area contributed by atoms with Crippen LogP contribution in [0.1, 0.15) is 62.2 Å². The molecule has 1 amide bonds. The van der Waals surface area contributed by atoms with Gasteiger partial charge in [0.15, 0.2) is 11.4 Å². The number of amides is 1. The molecule has 1 aliphatic carbocycles. The van der Waals surface area contributed by atoms with Gasteiger partial charge >= 0.3 is 0 Å². The van der Waals surface area contributed by atoms with Gasteiger partial charge in [0.25, 0.3) is 0 Å². The highest BCUT2D eigenvalue weighted by Crippen LogP contribution is 2.28. The molecule has 2 N–H and O–H groups in total. The number of allylic oxidation sites excluding steroid dienone is 2. The summed E-state index contributed by atoms with van der Waals surface area (Å²) >= 11 is 0. The lowest BCUT2D eigenvalue weighted by atomic mass is 9.88. The summed E-state index contributed by atoms with van der Waals surface area (Å²) in [5.41, 5.74) is 4.69. The van der Waals surface area contributed by atoms with E-state index in [4.69, 9.17) is 4.98 Å². The summed E-state index contributed by atoms with van der Waals surface area (Å²) in [4.78, 5) is 43.4. The molecule has 3 fully saturated rings. The summed E-state index contributed by atoms with van der Waals surface area (Å²) in [5, 5.41) is 3.35. The Morgan fingerprint density at radius 1 is 1.02 bits per heavy atom. The lowest BCUT2D eigenvalue weighted by molar-refractivity contribution is -0.136. The number of ketones is 1. The normalized spacial score (nSPS) is 20.1. The van der Waals surface area contributed by atoms with Crippen LogP contribution in [-0.4, -0.2) is 70.8 Å². The number of hydrogen-bond donors (Lipinski definition) is 2. The van der Waals surface area contributed by atoms with E-state index in [-0.39, 0.29) is 17.6 Å². The second kappa shape index (κ2) is 12.6. The Labute approximate surface area is 242 Å². The third kappa shape index (κ3) is 6.22. The number of anilines is 1. The lowest BCUT2D eigenvalue weighted by Gasteiger charge is -2.38. The van der Waals surface area contributed by atoms with Crippen molar-refractivity contribution in [3.63, 3.8) is 0 Å². The average molecular weight is 555 g/mol. The number of piperidine rings is 1. The maximum atomic E-state index is 13.4. The fraction of sp³-hybridized carbons (Fsp3) is 0.515. The predicted molar refractivity (Wildman–Crippen MR) is 163 cm³/mol. The standard InChI is InChI=1S/C33H42N6O2/c1-23(10-11-24-6-3-2-4-7-24)31(40)28-21-35-32-30(28)37-29(22-36-32)26-8-5-9-27(20-26)38-16-18-39(19-17-38)33(41)25-12-14-34-15-13-25/h5,8-11,20-25,34H,2-4,6-7,12-19H2,1H3,(H,35,36). The molecule has 0 radical (unpaired) electrons. The summed E-state index contributed by atoms with van der Waals surface area (Å²) in [6, 6.07) is 8.35. The molecule has 2 aromatic heterocycles. The minimum atomic E-state index is -0.204. The molecule has 6 rings (SSSR count). The minimum absolute atomic E-state index is 0.0698. The first-order valence-corrected chi connectivity index (χ1v) is 15.5. The number of piperazine rings is 1. The van der Waals surface area contributed by atoms with Crippen LogP contribution in [0.15, 0.2) is 48.8 Å². The molecule has 8 nitrogen and oxygen atoms in total. The molecule has 2 aliphatic heterocycles. The Morgan fingerprint density at radius 2 is 1.80 bits per heavy atom. The van der Waals surface area contributed by atoms with Gasteiger partial charge in [0.1, 0.15) is 5.52 Å². The van der Waals surface area contributed by atoms with Crippen LogP contribution in [0.3, 0.4) is 0 Å². The van der Waals surface area contributed by atoms with Crippen molar-refractivity contribution in [2.24, 2.45) is 17.8 Å². The second-order valence-corrected chi connectivity index (χ2v) is 12.0. The zero-order chi connectivity index (χ0) is 28.2. The predicted octanol–water partition coefficient (Wildman–Crippen LogP) is 5.23. The quantitative estimate of drug-likeness (QED) is 0.307. The largest absolute Gasteiger partial charge is 0.368 e. The van der Waals surface area contributed by atoms with Gasteiger partial charge in [0, 0.05) is 55.5 Å². The van der Waals surface area contributed by atoms with E-state index in [1.54, 1.807) is 12.4 Å². The van der Waals surface area contributed by atoms with Crippen LogP contribution in [0.5, 0.6) is 0 Å². The van der Waals surface area contributed by atoms with Gasteiger partial charge in [-0.05, 0) is 56.8 Å². The SMILES string of the molecule is CC(C=CC1CCCCC1)C(=O)c1c[nH]c2ncc(-c3cccc(N4CCN(C(=O)C5CCNCC5)CC4)c3)nc12. The van der Waals surface area contributed by atoms with E-state index in [1.807, 2.05) is 24.0 Å². The van der Waals surface area contributed by atoms with Crippen LogP contribution in [-0.2, 0) is 4.79 Å². The van der Waals surface area contributed by atoms with Crippen LogP contribution in [0.4, 0.5) is 5.69 Å². The van der Waals surface area contributed by atoms with Gasteiger partial charge in [-0.15, -0.1) is 0 Å². The molecule has 1 saturated carbocycles. The number of carbonyl (C=O) groups excluding carboxylic acids is 2. The number of rotatable bonds is 7. The van der Waals surface area contributed by atoms with E-state index >= 15 is 0 Å². The molecule has 0 spiro atoms. The molecule has 3 aliphatic rings. The van der Waals surface area contributed by atoms with Gasteiger partial charge in [-0.2, -0.15) is 0 Å². The molecule has 8 heteroatoms. The molecule has 1 unspecified atom stereocenters. The zero-order valence-electron chi connectivity index (χ0n) is 24.1. The van der Waals surface area contributed by atoms with Crippen molar-refractivity contribution >= 4 is 28.5 Å². The van der Waals surface area contributed by atoms with Crippen molar-refractivity contribution in [1.82, 2.24) is 25.2 Å². The Kier molecular flexibility index (Phi) is 8.46. The molecule has 0 bridgehead atoms. The van der Waals surface area contributed by atoms with E-state index in [9.17, 15) is 9.59 Å². The smallest absolute Gasteiger partial charge is 0.225 e. The number of H-pyrrole nitrogens is 1. The number of benzene rings is 1. The fourth-order valence-electron chi connectivity index (χ4n) is 6.58. The van der Waals surface area contributed by atoms with Gasteiger partial charge in [0.2, 0.25) is 5.91 Å². The second-order valence-electron chi connectivity index (χ2n) is 12.0. The van der Waals surface area contributed by atoms with Crippen molar-refractivity contribution in [3.05, 3.63) is 54.4 Å². The summed E-state index contributed by atoms with van der Waals surface area (Å²) in [6.45, 7) is 6.98. The number of hydrogen-bond acceptors (Lipinski definition) is 6. The van der Waals surface area contributed by atoms with Gasteiger partial charge in [-0.3, -0.25) is 9.59 Å². The number of nitrogens with zero attached hydrogens (tertiary/aromatic N) is 4. The van der Waals surface area contributed by atoms with E-state index in [0.717, 1.165) is 69.1 Å². The molecule has 2 saturated heterocycles. The molecule has 1 atom stereocenters. The molecule has 216 valence electrons. The van der Waals surface area contributed by atoms with E-state index in [2.05, 4.69) is 44.5 Å². The molecule has 41 heavy (non-hydrogen) atoms. The zero-order valence-corrected chi connectivity index (χ0v) is 24.1. The Bertz CT molecular complexity index is 1390. The number of fused-ring (bicyclic) bond motifs is 1. The first-order chi connectivity index (χ1) is 20.1. The summed E-state index contributed by atoms with van der Waals surface area (Å²) in [7, 11) is 0. The van der Waals surface area contributed by atoms with Crippen LogP contribution in [0, 0.1) is 17.8 Å². The first kappa shape index (κ1) is 27.6. The Hall–Kier alpha value is -3.52. The lowest BCUT2D eigenvalue weighted by Crippen LogP contribution is -2.51. The molecule has 4 heterocycles. The van der Waals surface area contributed by atoms with Crippen LogP contribution < -0.4 is 10.2 Å². The highest BCUT2D eigenvalue weighted by atomic mass is 16.2. The monoisotopic (exact) mass is 554 g/mol. The number of carbonyl (C=O) groups is 2. The third-order valence-corrected chi connectivity index (χ3v) is 9.17. The van der Waals surface area contributed by atoms with Crippen LogP contribution >= 0.6 is 0 Å².